The molecule has 0 amide bonds. The van der Waals surface area contributed by atoms with E-state index in [0.29, 0.717) is 17.7 Å². The summed E-state index contributed by atoms with van der Waals surface area (Å²) in [6.45, 7) is 0.872. The van der Waals surface area contributed by atoms with Gasteiger partial charge in [0, 0.05) is 31.0 Å². The predicted molar refractivity (Wildman–Crippen MR) is 68.4 cm³/mol. The SMILES string of the molecule is c1cncc(Oc2cc(CNC3CC3)ccn2)c1. The lowest BCUT2D eigenvalue weighted by Crippen LogP contribution is -2.15. The zero-order valence-corrected chi connectivity index (χ0v) is 10.0. The number of nitrogens with one attached hydrogen (secondary N) is 1. The molecule has 0 bridgehead atoms. The molecule has 2 heterocycles. The summed E-state index contributed by atoms with van der Waals surface area (Å²) in [4.78, 5) is 8.21. The van der Waals surface area contributed by atoms with Crippen LogP contribution in [0.1, 0.15) is 18.4 Å². The lowest BCUT2D eigenvalue weighted by Gasteiger charge is -2.06. The summed E-state index contributed by atoms with van der Waals surface area (Å²) in [5.74, 6) is 1.32. The Hall–Kier alpha value is -1.94. The second-order valence-electron chi connectivity index (χ2n) is 4.45. The Morgan fingerprint density at radius 1 is 1.28 bits per heavy atom. The first-order valence-electron chi connectivity index (χ1n) is 6.16. The van der Waals surface area contributed by atoms with Crippen LogP contribution in [0.5, 0.6) is 11.6 Å². The van der Waals surface area contributed by atoms with Gasteiger partial charge in [-0.3, -0.25) is 4.98 Å². The summed E-state index contributed by atoms with van der Waals surface area (Å²) >= 11 is 0. The molecule has 1 N–H and O–H groups in total. The number of hydrogen-bond acceptors (Lipinski definition) is 4. The summed E-state index contributed by atoms with van der Waals surface area (Å²) in [6, 6.07) is 8.38. The van der Waals surface area contributed by atoms with Gasteiger partial charge in [-0.1, -0.05) is 0 Å². The summed E-state index contributed by atoms with van der Waals surface area (Å²) in [5.41, 5.74) is 1.19. The van der Waals surface area contributed by atoms with E-state index in [1.54, 1.807) is 18.6 Å². The number of hydrogen-bond donors (Lipinski definition) is 1. The number of rotatable bonds is 5. The molecule has 0 unspecified atom stereocenters. The van der Waals surface area contributed by atoms with E-state index in [2.05, 4.69) is 15.3 Å². The molecule has 4 heteroatoms. The van der Waals surface area contributed by atoms with E-state index >= 15 is 0 Å². The largest absolute Gasteiger partial charge is 0.437 e. The molecular weight excluding hydrogens is 226 g/mol. The van der Waals surface area contributed by atoms with E-state index < -0.39 is 0 Å². The zero-order chi connectivity index (χ0) is 12.2. The minimum Gasteiger partial charge on any atom is -0.437 e. The first kappa shape index (κ1) is 11.2. The average molecular weight is 241 g/mol. The third-order valence-electron chi connectivity index (χ3n) is 2.83. The van der Waals surface area contributed by atoms with Crippen LogP contribution in [0.3, 0.4) is 0 Å². The molecule has 0 aromatic carbocycles. The van der Waals surface area contributed by atoms with Gasteiger partial charge < -0.3 is 10.1 Å². The fourth-order valence-corrected chi connectivity index (χ4v) is 1.69. The quantitative estimate of drug-likeness (QED) is 0.873. The van der Waals surface area contributed by atoms with Crippen molar-refractivity contribution in [2.45, 2.75) is 25.4 Å². The Kier molecular flexibility index (Phi) is 3.19. The second-order valence-corrected chi connectivity index (χ2v) is 4.45. The Balaban J connectivity index is 1.66. The minimum atomic E-state index is 0.609. The first-order valence-corrected chi connectivity index (χ1v) is 6.16. The van der Waals surface area contributed by atoms with Gasteiger partial charge in [-0.25, -0.2) is 4.98 Å². The maximum Gasteiger partial charge on any atom is 0.219 e. The maximum atomic E-state index is 5.64. The van der Waals surface area contributed by atoms with Crippen molar-refractivity contribution < 1.29 is 4.74 Å². The Labute approximate surface area is 106 Å². The van der Waals surface area contributed by atoms with E-state index in [0.717, 1.165) is 6.54 Å². The molecule has 0 saturated heterocycles. The van der Waals surface area contributed by atoms with E-state index in [9.17, 15) is 0 Å². The summed E-state index contributed by atoms with van der Waals surface area (Å²) in [5, 5.41) is 3.47. The number of aromatic nitrogens is 2. The Morgan fingerprint density at radius 2 is 2.22 bits per heavy atom. The van der Waals surface area contributed by atoms with Crippen molar-refractivity contribution in [2.75, 3.05) is 0 Å². The molecule has 1 aliphatic carbocycles. The van der Waals surface area contributed by atoms with Gasteiger partial charge in [0.2, 0.25) is 5.88 Å². The van der Waals surface area contributed by atoms with Crippen molar-refractivity contribution in [3.8, 4) is 11.6 Å². The van der Waals surface area contributed by atoms with Gasteiger partial charge in [0.1, 0.15) is 5.75 Å². The maximum absolute atomic E-state index is 5.64. The third-order valence-corrected chi connectivity index (χ3v) is 2.83. The van der Waals surface area contributed by atoms with E-state index in [-0.39, 0.29) is 0 Å². The molecule has 1 saturated carbocycles. The molecule has 0 atom stereocenters. The summed E-state index contributed by atoms with van der Waals surface area (Å²) in [7, 11) is 0. The van der Waals surface area contributed by atoms with Crippen molar-refractivity contribution >= 4 is 0 Å². The van der Waals surface area contributed by atoms with Gasteiger partial charge in [0.05, 0.1) is 6.20 Å². The normalized spacial score (nSPS) is 14.4. The smallest absolute Gasteiger partial charge is 0.219 e. The van der Waals surface area contributed by atoms with Gasteiger partial charge in [-0.05, 0) is 36.6 Å². The average Bonchev–Trinajstić information content (AvgIpc) is 3.22. The van der Waals surface area contributed by atoms with Gasteiger partial charge in [-0.15, -0.1) is 0 Å². The van der Waals surface area contributed by atoms with Crippen molar-refractivity contribution in [1.29, 1.82) is 0 Å². The molecule has 0 radical (unpaired) electrons. The van der Waals surface area contributed by atoms with Crippen LogP contribution in [-0.2, 0) is 6.54 Å². The van der Waals surface area contributed by atoms with E-state index in [1.807, 2.05) is 24.3 Å². The molecular formula is C14H15N3O. The molecule has 0 aliphatic heterocycles. The monoisotopic (exact) mass is 241 g/mol. The Bertz CT molecular complexity index is 511. The van der Waals surface area contributed by atoms with Gasteiger partial charge >= 0.3 is 0 Å². The molecule has 92 valence electrons. The van der Waals surface area contributed by atoms with Crippen LogP contribution in [0, 0.1) is 0 Å². The Morgan fingerprint density at radius 3 is 3.00 bits per heavy atom. The highest BCUT2D eigenvalue weighted by atomic mass is 16.5. The van der Waals surface area contributed by atoms with Gasteiger partial charge in [-0.2, -0.15) is 0 Å². The summed E-state index contributed by atoms with van der Waals surface area (Å²) < 4.78 is 5.64. The van der Waals surface area contributed by atoms with Crippen LogP contribution in [0.25, 0.3) is 0 Å². The highest BCUT2D eigenvalue weighted by molar-refractivity contribution is 5.26. The number of nitrogens with zero attached hydrogens (tertiary/aromatic N) is 2. The van der Waals surface area contributed by atoms with Crippen LogP contribution >= 0.6 is 0 Å². The van der Waals surface area contributed by atoms with Gasteiger partial charge in [0.15, 0.2) is 0 Å². The molecule has 2 aromatic rings. The number of ether oxygens (including phenoxy) is 1. The van der Waals surface area contributed by atoms with Crippen LogP contribution in [0.15, 0.2) is 42.9 Å². The lowest BCUT2D eigenvalue weighted by atomic mass is 10.2. The molecule has 1 fully saturated rings. The summed E-state index contributed by atoms with van der Waals surface area (Å²) in [6.07, 6.45) is 7.76. The van der Waals surface area contributed by atoms with E-state index in [1.165, 1.54) is 18.4 Å². The van der Waals surface area contributed by atoms with E-state index in [4.69, 9.17) is 4.74 Å². The third kappa shape index (κ3) is 3.05. The van der Waals surface area contributed by atoms with Crippen molar-refractivity contribution in [1.82, 2.24) is 15.3 Å². The topological polar surface area (TPSA) is 47.0 Å². The van der Waals surface area contributed by atoms with Crippen LogP contribution in [0.4, 0.5) is 0 Å². The molecule has 0 spiro atoms. The van der Waals surface area contributed by atoms with Crippen molar-refractivity contribution in [3.05, 3.63) is 48.4 Å². The first-order chi connectivity index (χ1) is 8.90. The minimum absolute atomic E-state index is 0.609. The standard InChI is InChI=1S/C14H15N3O/c1-2-13(10-15-6-1)18-14-8-11(5-7-16-14)9-17-12-3-4-12/h1-2,5-8,10,12,17H,3-4,9H2. The number of pyridine rings is 2. The van der Waals surface area contributed by atoms with Crippen LogP contribution in [0.2, 0.25) is 0 Å². The fourth-order valence-electron chi connectivity index (χ4n) is 1.69. The fraction of sp³-hybridized carbons (Fsp3) is 0.286. The second kappa shape index (κ2) is 5.14. The van der Waals surface area contributed by atoms with Crippen LogP contribution in [-0.4, -0.2) is 16.0 Å². The molecule has 18 heavy (non-hydrogen) atoms. The highest BCUT2D eigenvalue weighted by Crippen LogP contribution is 2.21. The molecule has 4 nitrogen and oxygen atoms in total. The molecule has 2 aromatic heterocycles. The highest BCUT2D eigenvalue weighted by Gasteiger charge is 2.19. The van der Waals surface area contributed by atoms with Crippen molar-refractivity contribution in [3.63, 3.8) is 0 Å². The van der Waals surface area contributed by atoms with Crippen molar-refractivity contribution in [2.24, 2.45) is 0 Å². The van der Waals surface area contributed by atoms with Gasteiger partial charge in [0.25, 0.3) is 0 Å². The predicted octanol–water partition coefficient (Wildman–Crippen LogP) is 2.52. The zero-order valence-electron chi connectivity index (χ0n) is 10.0. The molecule has 3 rings (SSSR count). The lowest BCUT2D eigenvalue weighted by molar-refractivity contribution is 0.459. The molecule has 1 aliphatic rings. The van der Waals surface area contributed by atoms with Crippen LogP contribution < -0.4 is 10.1 Å².